The van der Waals surface area contributed by atoms with Gasteiger partial charge in [-0.15, -0.1) is 0 Å². The van der Waals surface area contributed by atoms with Gasteiger partial charge in [-0.3, -0.25) is 9.52 Å². The number of carbonyl (C=O) groups is 1. The Labute approximate surface area is 201 Å². The summed E-state index contributed by atoms with van der Waals surface area (Å²) in [7, 11) is -3.84. The minimum atomic E-state index is -3.84. The molecule has 170 valence electrons. The Hall–Kier alpha value is -2.93. The highest BCUT2D eigenvalue weighted by Crippen LogP contribution is 2.28. The molecule has 0 radical (unpaired) electrons. The molecule has 4 rings (SSSR count). The number of ketones is 1. The first-order chi connectivity index (χ1) is 15.7. The molecule has 2 aromatic carbocycles. The number of fused-ring (bicyclic) bond motifs is 1. The average molecular weight is 582 g/mol. The number of sulfonamides is 1. The summed E-state index contributed by atoms with van der Waals surface area (Å²) in [5.41, 5.74) is 0.188. The summed E-state index contributed by atoms with van der Waals surface area (Å²) >= 11 is 2.17. The van der Waals surface area contributed by atoms with E-state index in [0.29, 0.717) is 12.1 Å². The summed E-state index contributed by atoms with van der Waals surface area (Å²) in [6.45, 7) is 1.65. The number of carbonyl (C=O) groups excluding carboxylic acids is 1. The van der Waals surface area contributed by atoms with Gasteiger partial charge in [0.15, 0.2) is 11.5 Å². The molecule has 0 unspecified atom stereocenters. The summed E-state index contributed by atoms with van der Waals surface area (Å²) < 4.78 is 56.8. The van der Waals surface area contributed by atoms with Crippen molar-refractivity contribution >= 4 is 55.2 Å². The number of H-pyrrole nitrogens is 1. The number of nitrogens with one attached hydrogen (secondary N) is 2. The van der Waals surface area contributed by atoms with Gasteiger partial charge in [-0.2, -0.15) is 0 Å². The van der Waals surface area contributed by atoms with Gasteiger partial charge >= 0.3 is 0 Å². The van der Waals surface area contributed by atoms with Gasteiger partial charge in [-0.05, 0) is 53.3 Å². The van der Waals surface area contributed by atoms with Crippen LogP contribution in [0.25, 0.3) is 22.4 Å². The number of halogens is 3. The summed E-state index contributed by atoms with van der Waals surface area (Å²) in [6.07, 6.45) is 3.11. The predicted molar refractivity (Wildman–Crippen MR) is 130 cm³/mol. The molecule has 0 fully saturated rings. The Morgan fingerprint density at radius 1 is 1.15 bits per heavy atom. The van der Waals surface area contributed by atoms with E-state index in [4.69, 9.17) is 0 Å². The Balaban J connectivity index is 1.78. The standard InChI is InChI=1S/C22H17F2IN4O3S/c1-2-9-33(31,32)29-16-8-7-15(23)18(19(16)24)21(30)14-10-26-22-20(14)28-17(11-27-22)12-3-5-13(25)6-4-12/h3-8,10-11,29H,2,9H2,1H3,(H,26,27). The van der Waals surface area contributed by atoms with Gasteiger partial charge < -0.3 is 4.98 Å². The van der Waals surface area contributed by atoms with E-state index in [2.05, 4.69) is 42.3 Å². The zero-order valence-electron chi connectivity index (χ0n) is 17.2. The van der Waals surface area contributed by atoms with E-state index in [0.717, 1.165) is 21.3 Å². The molecule has 0 aliphatic rings. The number of benzene rings is 2. The molecule has 0 saturated heterocycles. The van der Waals surface area contributed by atoms with E-state index >= 15 is 4.39 Å². The fourth-order valence-corrected chi connectivity index (χ4v) is 4.78. The third kappa shape index (κ3) is 4.74. The number of aromatic nitrogens is 3. The molecule has 2 aromatic heterocycles. The van der Waals surface area contributed by atoms with Crippen LogP contribution in [0.5, 0.6) is 0 Å². The number of hydrogen-bond acceptors (Lipinski definition) is 5. The predicted octanol–water partition coefficient (Wildman–Crippen LogP) is 4.89. The second-order valence-corrected chi connectivity index (χ2v) is 10.3. The Morgan fingerprint density at radius 3 is 2.58 bits per heavy atom. The van der Waals surface area contributed by atoms with Gasteiger partial charge in [-0.1, -0.05) is 19.1 Å². The van der Waals surface area contributed by atoms with E-state index in [-0.39, 0.29) is 22.5 Å². The molecule has 0 amide bonds. The molecule has 0 aliphatic carbocycles. The van der Waals surface area contributed by atoms with Crippen LogP contribution in [0.1, 0.15) is 29.3 Å². The van der Waals surface area contributed by atoms with Crippen molar-refractivity contribution in [1.82, 2.24) is 15.0 Å². The van der Waals surface area contributed by atoms with Crippen LogP contribution in [0.3, 0.4) is 0 Å². The van der Waals surface area contributed by atoms with Crippen molar-refractivity contribution in [3.63, 3.8) is 0 Å². The molecular formula is C22H17F2IN4O3S. The van der Waals surface area contributed by atoms with E-state index in [9.17, 15) is 17.6 Å². The van der Waals surface area contributed by atoms with Crippen molar-refractivity contribution in [2.75, 3.05) is 10.5 Å². The van der Waals surface area contributed by atoms with Crippen molar-refractivity contribution in [2.24, 2.45) is 0 Å². The second kappa shape index (κ2) is 9.14. The maximum atomic E-state index is 15.1. The highest BCUT2D eigenvalue weighted by atomic mass is 127. The number of aromatic amines is 1. The lowest BCUT2D eigenvalue weighted by atomic mass is 10.0. The molecule has 0 spiro atoms. The Bertz CT molecular complexity index is 1470. The van der Waals surface area contributed by atoms with E-state index in [1.807, 2.05) is 24.3 Å². The third-order valence-electron chi connectivity index (χ3n) is 4.82. The van der Waals surface area contributed by atoms with Crippen molar-refractivity contribution in [3.05, 3.63) is 75.1 Å². The fourth-order valence-electron chi connectivity index (χ4n) is 3.29. The van der Waals surface area contributed by atoms with Gasteiger partial charge in [0.2, 0.25) is 15.8 Å². The van der Waals surface area contributed by atoms with Crippen LogP contribution in [-0.2, 0) is 10.0 Å². The quantitative estimate of drug-likeness (QED) is 0.239. The van der Waals surface area contributed by atoms with Gasteiger partial charge in [0.1, 0.15) is 11.3 Å². The van der Waals surface area contributed by atoms with Crippen molar-refractivity contribution in [2.45, 2.75) is 13.3 Å². The topological polar surface area (TPSA) is 105 Å². The van der Waals surface area contributed by atoms with Gasteiger partial charge in [0, 0.05) is 15.3 Å². The van der Waals surface area contributed by atoms with Crippen LogP contribution in [0.15, 0.2) is 48.8 Å². The normalized spacial score (nSPS) is 11.6. The van der Waals surface area contributed by atoms with Gasteiger partial charge in [0.25, 0.3) is 0 Å². The van der Waals surface area contributed by atoms with Crippen LogP contribution in [0.2, 0.25) is 0 Å². The maximum Gasteiger partial charge on any atom is 0.232 e. The number of anilines is 1. The van der Waals surface area contributed by atoms with Crippen LogP contribution in [0, 0.1) is 15.2 Å². The molecular weight excluding hydrogens is 565 g/mol. The molecule has 4 aromatic rings. The van der Waals surface area contributed by atoms with Crippen LogP contribution in [0.4, 0.5) is 14.5 Å². The first-order valence-electron chi connectivity index (χ1n) is 9.83. The Morgan fingerprint density at radius 2 is 1.88 bits per heavy atom. The van der Waals surface area contributed by atoms with Gasteiger partial charge in [0.05, 0.1) is 34.5 Å². The summed E-state index contributed by atoms with van der Waals surface area (Å²) in [5, 5.41) is 0. The van der Waals surface area contributed by atoms with Gasteiger partial charge in [-0.25, -0.2) is 27.2 Å². The van der Waals surface area contributed by atoms with Crippen molar-refractivity contribution in [3.8, 4) is 11.3 Å². The van der Waals surface area contributed by atoms with Crippen molar-refractivity contribution in [1.29, 1.82) is 0 Å². The smallest absolute Gasteiger partial charge is 0.232 e. The highest BCUT2D eigenvalue weighted by Gasteiger charge is 2.26. The molecule has 0 aliphatic heterocycles. The van der Waals surface area contributed by atoms with Crippen molar-refractivity contribution < 1.29 is 22.0 Å². The van der Waals surface area contributed by atoms with Crippen LogP contribution in [-0.4, -0.2) is 34.9 Å². The zero-order valence-corrected chi connectivity index (χ0v) is 20.2. The zero-order chi connectivity index (χ0) is 23.8. The molecule has 11 heteroatoms. The molecule has 33 heavy (non-hydrogen) atoms. The first-order valence-corrected chi connectivity index (χ1v) is 12.6. The van der Waals surface area contributed by atoms with E-state index in [1.165, 1.54) is 12.4 Å². The molecule has 0 saturated carbocycles. The molecule has 2 heterocycles. The first kappa shape index (κ1) is 23.2. The molecule has 0 atom stereocenters. The van der Waals surface area contributed by atoms with Crippen LogP contribution < -0.4 is 4.72 Å². The monoisotopic (exact) mass is 582 g/mol. The summed E-state index contributed by atoms with van der Waals surface area (Å²) in [6, 6.07) is 9.26. The second-order valence-electron chi connectivity index (χ2n) is 7.20. The SMILES string of the molecule is CCCS(=O)(=O)Nc1ccc(F)c(C(=O)c2c[nH]c3ncc(-c4ccc(I)cc4)nc23)c1F. The molecule has 7 nitrogen and oxygen atoms in total. The molecule has 0 bridgehead atoms. The third-order valence-corrected chi connectivity index (χ3v) is 7.02. The number of rotatable bonds is 7. The maximum absolute atomic E-state index is 15.1. The largest absolute Gasteiger partial charge is 0.344 e. The number of hydrogen-bond donors (Lipinski definition) is 2. The van der Waals surface area contributed by atoms with E-state index < -0.39 is 38.7 Å². The number of nitrogens with zero attached hydrogens (tertiary/aromatic N) is 2. The fraction of sp³-hybridized carbons (Fsp3) is 0.136. The van der Waals surface area contributed by atoms with E-state index in [1.54, 1.807) is 6.92 Å². The van der Waals surface area contributed by atoms with Crippen LogP contribution >= 0.6 is 22.6 Å². The Kier molecular flexibility index (Phi) is 6.43. The summed E-state index contributed by atoms with van der Waals surface area (Å²) in [4.78, 5) is 24.7. The lowest BCUT2D eigenvalue weighted by Gasteiger charge is -2.11. The average Bonchev–Trinajstić information content (AvgIpc) is 3.19. The molecule has 2 N–H and O–H groups in total. The lowest BCUT2D eigenvalue weighted by molar-refractivity contribution is 0.103. The minimum absolute atomic E-state index is 0.0868. The highest BCUT2D eigenvalue weighted by molar-refractivity contribution is 14.1. The minimum Gasteiger partial charge on any atom is -0.344 e. The lowest BCUT2D eigenvalue weighted by Crippen LogP contribution is -2.18. The summed E-state index contributed by atoms with van der Waals surface area (Å²) in [5.74, 6) is -3.64.